The van der Waals surface area contributed by atoms with Crippen molar-refractivity contribution in [2.45, 2.75) is 31.9 Å². The lowest BCUT2D eigenvalue weighted by Gasteiger charge is -2.32. The number of nitrogens with one attached hydrogen (secondary N) is 1. The number of hydrogen-bond acceptors (Lipinski definition) is 5. The number of fused-ring (bicyclic) bond motifs is 1. The summed E-state index contributed by atoms with van der Waals surface area (Å²) in [5.74, 6) is 1.94. The summed E-state index contributed by atoms with van der Waals surface area (Å²) < 4.78 is 7.74. The van der Waals surface area contributed by atoms with Crippen molar-refractivity contribution >= 4 is 34.9 Å². The Kier molecular flexibility index (Phi) is 5.99. The van der Waals surface area contributed by atoms with Gasteiger partial charge in [-0.1, -0.05) is 65.7 Å². The van der Waals surface area contributed by atoms with Crippen LogP contribution >= 0.6 is 23.2 Å². The first-order valence-electron chi connectivity index (χ1n) is 11.8. The molecule has 0 radical (unpaired) electrons. The van der Waals surface area contributed by atoms with Gasteiger partial charge in [0, 0.05) is 28.3 Å². The molecular formula is C28H22Cl2N4O2. The van der Waals surface area contributed by atoms with Crippen molar-refractivity contribution < 1.29 is 9.53 Å². The highest BCUT2D eigenvalue weighted by molar-refractivity contribution is 6.36. The molecule has 0 spiro atoms. The van der Waals surface area contributed by atoms with E-state index in [2.05, 4.69) is 5.32 Å². The molecular weight excluding hydrogens is 495 g/mol. The maximum absolute atomic E-state index is 13.1. The summed E-state index contributed by atoms with van der Waals surface area (Å²) in [7, 11) is 0. The normalized spacial score (nSPS) is 16.8. The van der Waals surface area contributed by atoms with Crippen molar-refractivity contribution in [2.24, 2.45) is 0 Å². The Morgan fingerprint density at radius 2 is 1.81 bits per heavy atom. The Morgan fingerprint density at radius 1 is 1.00 bits per heavy atom. The zero-order valence-electron chi connectivity index (χ0n) is 19.2. The zero-order valence-corrected chi connectivity index (χ0v) is 20.8. The van der Waals surface area contributed by atoms with Gasteiger partial charge in [0.2, 0.25) is 5.95 Å². The van der Waals surface area contributed by atoms with Gasteiger partial charge in [-0.25, -0.2) is 4.68 Å². The summed E-state index contributed by atoms with van der Waals surface area (Å²) in [6.45, 7) is 0.486. The Labute approximate surface area is 218 Å². The van der Waals surface area contributed by atoms with E-state index in [1.165, 1.54) is 0 Å². The largest absolute Gasteiger partial charge is 0.489 e. The molecule has 0 saturated heterocycles. The van der Waals surface area contributed by atoms with Gasteiger partial charge in [0.05, 0.1) is 5.02 Å². The van der Waals surface area contributed by atoms with Crippen LogP contribution in [0.25, 0.3) is 11.4 Å². The number of anilines is 1. The van der Waals surface area contributed by atoms with E-state index in [-0.39, 0.29) is 11.8 Å². The molecule has 36 heavy (non-hydrogen) atoms. The molecule has 2 heterocycles. The monoisotopic (exact) mass is 516 g/mol. The molecule has 0 bridgehead atoms. The lowest BCUT2D eigenvalue weighted by Crippen LogP contribution is -2.31. The van der Waals surface area contributed by atoms with Crippen LogP contribution < -0.4 is 10.1 Å². The topological polar surface area (TPSA) is 69.0 Å². The first kappa shape index (κ1) is 22.8. The number of ether oxygens (including phenoxy) is 1. The van der Waals surface area contributed by atoms with Crippen LogP contribution in [0.2, 0.25) is 10.0 Å². The number of carbonyl (C=O) groups excluding carboxylic acids is 1. The number of benzene rings is 3. The lowest BCUT2D eigenvalue weighted by atomic mass is 9.85. The van der Waals surface area contributed by atoms with Gasteiger partial charge in [0.25, 0.3) is 0 Å². The maximum Gasteiger partial charge on any atom is 0.226 e. The molecule has 2 aliphatic rings. The van der Waals surface area contributed by atoms with Crippen molar-refractivity contribution in [2.75, 3.05) is 5.32 Å². The fraction of sp³-hybridized carbons (Fsp3) is 0.179. The van der Waals surface area contributed by atoms with E-state index < -0.39 is 0 Å². The second-order valence-electron chi connectivity index (χ2n) is 8.87. The second kappa shape index (κ2) is 9.45. The number of carbonyl (C=O) groups is 1. The Morgan fingerprint density at radius 3 is 2.58 bits per heavy atom. The Balaban J connectivity index is 1.36. The SMILES string of the molecule is O=C1CCCC2=C1C(c1ccc(OCc3ccccc3)cc1)n1nc(-c3ccc(Cl)cc3Cl)nc1N2. The molecule has 0 amide bonds. The van der Waals surface area contributed by atoms with E-state index in [0.29, 0.717) is 40.4 Å². The molecule has 1 aliphatic heterocycles. The van der Waals surface area contributed by atoms with E-state index in [1.54, 1.807) is 22.9 Å². The molecule has 4 aromatic rings. The highest BCUT2D eigenvalue weighted by Crippen LogP contribution is 2.41. The van der Waals surface area contributed by atoms with Crippen LogP contribution in [0, 0.1) is 0 Å². The number of Topliss-reactive ketones (excluding diaryl/α,β-unsaturated/α-hetero) is 1. The predicted molar refractivity (Wildman–Crippen MR) is 140 cm³/mol. The number of hydrogen-bond donors (Lipinski definition) is 1. The summed E-state index contributed by atoms with van der Waals surface area (Å²) in [5, 5.41) is 9.16. The fourth-order valence-electron chi connectivity index (χ4n) is 4.74. The van der Waals surface area contributed by atoms with Crippen LogP contribution in [0.3, 0.4) is 0 Å². The molecule has 6 rings (SSSR count). The molecule has 0 saturated carbocycles. The summed E-state index contributed by atoms with van der Waals surface area (Å²) >= 11 is 12.5. The number of nitrogens with zero attached hydrogens (tertiary/aromatic N) is 3. The number of aromatic nitrogens is 3. The van der Waals surface area contributed by atoms with Gasteiger partial charge >= 0.3 is 0 Å². The van der Waals surface area contributed by atoms with Crippen molar-refractivity contribution in [1.29, 1.82) is 0 Å². The lowest BCUT2D eigenvalue weighted by molar-refractivity contribution is -0.116. The van der Waals surface area contributed by atoms with E-state index in [9.17, 15) is 4.79 Å². The predicted octanol–water partition coefficient (Wildman–Crippen LogP) is 6.85. The average Bonchev–Trinajstić information content (AvgIpc) is 3.31. The van der Waals surface area contributed by atoms with Crippen LogP contribution in [0.15, 0.2) is 84.1 Å². The van der Waals surface area contributed by atoms with Crippen LogP contribution in [0.4, 0.5) is 5.95 Å². The summed E-state index contributed by atoms with van der Waals surface area (Å²) in [4.78, 5) is 17.8. The zero-order chi connectivity index (χ0) is 24.6. The van der Waals surface area contributed by atoms with Gasteiger partial charge in [0.1, 0.15) is 18.4 Å². The Bertz CT molecular complexity index is 1480. The standard InChI is InChI=1S/C28H22Cl2N4O2/c29-19-11-14-21(22(30)15-19)27-32-28-31-23-7-4-8-24(35)25(23)26(34(28)33-27)18-9-12-20(13-10-18)36-16-17-5-2-1-3-6-17/h1-3,5-6,9-15,26H,4,7-8,16H2,(H,31,32,33). The highest BCUT2D eigenvalue weighted by atomic mass is 35.5. The average molecular weight is 517 g/mol. The van der Waals surface area contributed by atoms with Crippen LogP contribution in [0.1, 0.15) is 36.4 Å². The maximum atomic E-state index is 13.1. The summed E-state index contributed by atoms with van der Waals surface area (Å²) in [6, 6.07) is 22.7. The molecule has 0 fully saturated rings. The fourth-order valence-corrected chi connectivity index (χ4v) is 5.23. The number of ketones is 1. The summed E-state index contributed by atoms with van der Waals surface area (Å²) in [5.41, 5.74) is 4.37. The molecule has 3 aromatic carbocycles. The quantitative estimate of drug-likeness (QED) is 0.314. The number of allylic oxidation sites excluding steroid dienone is 2. The van der Waals surface area contributed by atoms with Gasteiger partial charge in [-0.3, -0.25) is 4.79 Å². The minimum Gasteiger partial charge on any atom is -0.489 e. The minimum atomic E-state index is -0.389. The third-order valence-corrected chi connectivity index (χ3v) is 7.03. The second-order valence-corrected chi connectivity index (χ2v) is 9.71. The first-order valence-corrected chi connectivity index (χ1v) is 12.5. The van der Waals surface area contributed by atoms with Gasteiger partial charge in [-0.05, 0) is 54.3 Å². The van der Waals surface area contributed by atoms with E-state index in [0.717, 1.165) is 41.0 Å². The molecule has 180 valence electrons. The van der Waals surface area contributed by atoms with E-state index in [4.69, 9.17) is 38.0 Å². The van der Waals surface area contributed by atoms with Crippen LogP contribution in [-0.2, 0) is 11.4 Å². The third-order valence-electron chi connectivity index (χ3n) is 6.48. The van der Waals surface area contributed by atoms with Gasteiger partial charge in [0.15, 0.2) is 11.6 Å². The first-order chi connectivity index (χ1) is 17.6. The van der Waals surface area contributed by atoms with Crippen LogP contribution in [0.5, 0.6) is 5.75 Å². The number of rotatable bonds is 5. The molecule has 8 heteroatoms. The smallest absolute Gasteiger partial charge is 0.226 e. The van der Waals surface area contributed by atoms with Crippen molar-refractivity contribution in [3.63, 3.8) is 0 Å². The van der Waals surface area contributed by atoms with Crippen molar-refractivity contribution in [3.05, 3.63) is 105 Å². The van der Waals surface area contributed by atoms with Gasteiger partial charge < -0.3 is 10.1 Å². The van der Waals surface area contributed by atoms with Crippen LogP contribution in [-0.4, -0.2) is 20.5 Å². The highest BCUT2D eigenvalue weighted by Gasteiger charge is 2.37. The molecule has 1 aromatic heterocycles. The molecule has 1 atom stereocenters. The molecule has 1 N–H and O–H groups in total. The molecule has 1 aliphatic carbocycles. The van der Waals surface area contributed by atoms with Gasteiger partial charge in [-0.15, -0.1) is 5.10 Å². The molecule has 1 unspecified atom stereocenters. The van der Waals surface area contributed by atoms with Crippen molar-refractivity contribution in [3.8, 4) is 17.1 Å². The summed E-state index contributed by atoms with van der Waals surface area (Å²) in [6.07, 6.45) is 2.13. The Hall–Kier alpha value is -3.61. The minimum absolute atomic E-state index is 0.130. The van der Waals surface area contributed by atoms with Crippen molar-refractivity contribution in [1.82, 2.24) is 14.8 Å². The van der Waals surface area contributed by atoms with E-state index in [1.807, 2.05) is 54.6 Å². The number of halogens is 2. The third kappa shape index (κ3) is 4.27. The van der Waals surface area contributed by atoms with Gasteiger partial charge in [-0.2, -0.15) is 4.98 Å². The molecule has 6 nitrogen and oxygen atoms in total. The van der Waals surface area contributed by atoms with E-state index >= 15 is 0 Å².